The maximum absolute atomic E-state index is 11.3. The molecule has 0 aliphatic carbocycles. The molecule has 0 saturated heterocycles. The fourth-order valence-corrected chi connectivity index (χ4v) is 1.06. The SMILES string of the molecule is CCOC(=O)c1coc(NC(C)C(=O)OC)n1. The van der Waals surface area contributed by atoms with Crippen molar-refractivity contribution in [2.24, 2.45) is 0 Å². The number of hydrogen-bond donors (Lipinski definition) is 1. The molecule has 1 unspecified atom stereocenters. The van der Waals surface area contributed by atoms with E-state index < -0.39 is 18.0 Å². The van der Waals surface area contributed by atoms with Crippen molar-refractivity contribution in [2.45, 2.75) is 19.9 Å². The van der Waals surface area contributed by atoms with Gasteiger partial charge in [0.05, 0.1) is 13.7 Å². The average molecular weight is 242 g/mol. The van der Waals surface area contributed by atoms with Crippen LogP contribution in [0.2, 0.25) is 0 Å². The van der Waals surface area contributed by atoms with E-state index in [0.717, 1.165) is 6.26 Å². The van der Waals surface area contributed by atoms with Gasteiger partial charge in [-0.05, 0) is 13.8 Å². The van der Waals surface area contributed by atoms with Crippen LogP contribution in [0.4, 0.5) is 6.01 Å². The van der Waals surface area contributed by atoms with Crippen molar-refractivity contribution in [2.75, 3.05) is 19.0 Å². The zero-order valence-electron chi connectivity index (χ0n) is 9.85. The number of nitrogens with zero attached hydrogens (tertiary/aromatic N) is 1. The van der Waals surface area contributed by atoms with Crippen LogP contribution in [-0.2, 0) is 14.3 Å². The second kappa shape index (κ2) is 5.88. The van der Waals surface area contributed by atoms with E-state index in [1.807, 2.05) is 0 Å². The van der Waals surface area contributed by atoms with Crippen molar-refractivity contribution in [3.05, 3.63) is 12.0 Å². The summed E-state index contributed by atoms with van der Waals surface area (Å²) in [6, 6.07) is -0.556. The molecular weight excluding hydrogens is 228 g/mol. The molecule has 17 heavy (non-hydrogen) atoms. The van der Waals surface area contributed by atoms with Gasteiger partial charge in [-0.15, -0.1) is 0 Å². The van der Waals surface area contributed by atoms with Gasteiger partial charge in [0, 0.05) is 0 Å². The Morgan fingerprint density at radius 2 is 2.29 bits per heavy atom. The summed E-state index contributed by atoms with van der Waals surface area (Å²) in [5, 5.41) is 2.65. The molecule has 0 aliphatic heterocycles. The predicted molar refractivity (Wildman–Crippen MR) is 57.6 cm³/mol. The summed E-state index contributed by atoms with van der Waals surface area (Å²) < 4.78 is 14.2. The molecule has 1 aromatic rings. The Morgan fingerprint density at radius 1 is 1.59 bits per heavy atom. The summed E-state index contributed by atoms with van der Waals surface area (Å²) >= 11 is 0. The molecule has 1 N–H and O–H groups in total. The Balaban J connectivity index is 2.62. The second-order valence-corrected chi connectivity index (χ2v) is 3.15. The average Bonchev–Trinajstić information content (AvgIpc) is 2.76. The quantitative estimate of drug-likeness (QED) is 0.764. The summed E-state index contributed by atoms with van der Waals surface area (Å²) in [7, 11) is 1.28. The topological polar surface area (TPSA) is 90.7 Å². The minimum Gasteiger partial charge on any atom is -0.467 e. The lowest BCUT2D eigenvalue weighted by Crippen LogP contribution is -2.27. The standard InChI is InChI=1S/C10H14N2O5/c1-4-16-9(14)7-5-17-10(12-7)11-6(2)8(13)15-3/h5-6H,4H2,1-3H3,(H,11,12). The van der Waals surface area contributed by atoms with Gasteiger partial charge in [0.25, 0.3) is 6.01 Å². The molecule has 7 heteroatoms. The number of methoxy groups -OCH3 is 1. The molecule has 1 heterocycles. The summed E-state index contributed by atoms with van der Waals surface area (Å²) in [6.45, 7) is 3.53. The van der Waals surface area contributed by atoms with Crippen LogP contribution in [-0.4, -0.2) is 36.7 Å². The van der Waals surface area contributed by atoms with Gasteiger partial charge in [0.2, 0.25) is 0 Å². The monoisotopic (exact) mass is 242 g/mol. The Bertz CT molecular complexity index is 401. The Kier molecular flexibility index (Phi) is 4.50. The van der Waals surface area contributed by atoms with Gasteiger partial charge in [0.1, 0.15) is 12.3 Å². The number of carbonyl (C=O) groups excluding carboxylic acids is 2. The first-order valence-corrected chi connectivity index (χ1v) is 5.05. The molecular formula is C10H14N2O5. The molecule has 0 aliphatic rings. The van der Waals surface area contributed by atoms with E-state index in [1.54, 1.807) is 13.8 Å². The van der Waals surface area contributed by atoms with Crippen molar-refractivity contribution in [1.82, 2.24) is 4.98 Å². The maximum atomic E-state index is 11.3. The Hall–Kier alpha value is -2.05. The minimum atomic E-state index is -0.617. The number of aromatic nitrogens is 1. The van der Waals surface area contributed by atoms with Gasteiger partial charge in [0.15, 0.2) is 5.69 Å². The highest BCUT2D eigenvalue weighted by molar-refractivity contribution is 5.87. The minimum absolute atomic E-state index is 0.0476. The van der Waals surface area contributed by atoms with E-state index in [-0.39, 0.29) is 18.3 Å². The van der Waals surface area contributed by atoms with Gasteiger partial charge < -0.3 is 19.2 Å². The van der Waals surface area contributed by atoms with Crippen LogP contribution in [0, 0.1) is 0 Å². The molecule has 94 valence electrons. The molecule has 1 rings (SSSR count). The van der Waals surface area contributed by atoms with Gasteiger partial charge in [-0.1, -0.05) is 0 Å². The Labute approximate surface area is 98.1 Å². The molecule has 0 radical (unpaired) electrons. The largest absolute Gasteiger partial charge is 0.467 e. The fraction of sp³-hybridized carbons (Fsp3) is 0.500. The normalized spacial score (nSPS) is 11.7. The lowest BCUT2D eigenvalue weighted by Gasteiger charge is -2.08. The van der Waals surface area contributed by atoms with E-state index >= 15 is 0 Å². The summed E-state index contributed by atoms with van der Waals surface area (Å²) in [5.41, 5.74) is 0.0476. The van der Waals surface area contributed by atoms with Crippen LogP contribution < -0.4 is 5.32 Å². The number of anilines is 1. The highest BCUT2D eigenvalue weighted by atomic mass is 16.5. The van der Waals surface area contributed by atoms with Crippen LogP contribution >= 0.6 is 0 Å². The van der Waals surface area contributed by atoms with E-state index in [9.17, 15) is 9.59 Å². The predicted octanol–water partition coefficient (Wildman–Crippen LogP) is 0.825. The summed E-state index contributed by atoms with van der Waals surface area (Å²) in [6.07, 6.45) is 1.16. The Morgan fingerprint density at radius 3 is 2.88 bits per heavy atom. The smallest absolute Gasteiger partial charge is 0.360 e. The van der Waals surface area contributed by atoms with Crippen LogP contribution in [0.3, 0.4) is 0 Å². The first-order valence-electron chi connectivity index (χ1n) is 5.05. The number of nitrogens with one attached hydrogen (secondary N) is 1. The van der Waals surface area contributed by atoms with Crippen molar-refractivity contribution < 1.29 is 23.5 Å². The fourth-order valence-electron chi connectivity index (χ4n) is 1.06. The van der Waals surface area contributed by atoms with Gasteiger partial charge in [-0.25, -0.2) is 9.59 Å². The third-order valence-corrected chi connectivity index (χ3v) is 1.88. The van der Waals surface area contributed by atoms with Crippen LogP contribution in [0.15, 0.2) is 10.7 Å². The zero-order valence-corrected chi connectivity index (χ0v) is 9.85. The van der Waals surface area contributed by atoms with Crippen molar-refractivity contribution in [1.29, 1.82) is 0 Å². The number of ether oxygens (including phenoxy) is 2. The third kappa shape index (κ3) is 3.47. The molecule has 0 bridgehead atoms. The van der Waals surface area contributed by atoms with Crippen LogP contribution in [0.5, 0.6) is 0 Å². The number of oxazole rings is 1. The van der Waals surface area contributed by atoms with Crippen molar-refractivity contribution >= 4 is 18.0 Å². The number of carbonyl (C=O) groups is 2. The molecule has 0 amide bonds. The van der Waals surface area contributed by atoms with Gasteiger partial charge >= 0.3 is 11.9 Å². The summed E-state index contributed by atoms with van der Waals surface area (Å²) in [4.78, 5) is 26.2. The number of hydrogen-bond acceptors (Lipinski definition) is 7. The molecule has 0 fully saturated rings. The highest BCUT2D eigenvalue weighted by Gasteiger charge is 2.17. The molecule has 0 saturated carbocycles. The van der Waals surface area contributed by atoms with Crippen molar-refractivity contribution in [3.8, 4) is 0 Å². The number of rotatable bonds is 5. The lowest BCUT2D eigenvalue weighted by atomic mass is 10.3. The first kappa shape index (κ1) is 13.0. The van der Waals surface area contributed by atoms with Gasteiger partial charge in [-0.3, -0.25) is 0 Å². The highest BCUT2D eigenvalue weighted by Crippen LogP contribution is 2.10. The third-order valence-electron chi connectivity index (χ3n) is 1.88. The van der Waals surface area contributed by atoms with E-state index in [0.29, 0.717) is 0 Å². The van der Waals surface area contributed by atoms with Crippen molar-refractivity contribution in [3.63, 3.8) is 0 Å². The number of esters is 2. The first-order chi connectivity index (χ1) is 8.08. The van der Waals surface area contributed by atoms with E-state index in [1.165, 1.54) is 7.11 Å². The maximum Gasteiger partial charge on any atom is 0.360 e. The lowest BCUT2D eigenvalue weighted by molar-refractivity contribution is -0.141. The van der Waals surface area contributed by atoms with Crippen LogP contribution in [0.25, 0.3) is 0 Å². The van der Waals surface area contributed by atoms with E-state index in [4.69, 9.17) is 9.15 Å². The van der Waals surface area contributed by atoms with E-state index in [2.05, 4.69) is 15.0 Å². The zero-order chi connectivity index (χ0) is 12.8. The molecule has 1 atom stereocenters. The van der Waals surface area contributed by atoms with Gasteiger partial charge in [-0.2, -0.15) is 4.98 Å². The molecule has 1 aromatic heterocycles. The molecule has 0 aromatic carbocycles. The molecule has 0 spiro atoms. The molecule has 7 nitrogen and oxygen atoms in total. The van der Waals surface area contributed by atoms with Crippen LogP contribution in [0.1, 0.15) is 24.3 Å². The second-order valence-electron chi connectivity index (χ2n) is 3.15. The summed E-state index contributed by atoms with van der Waals surface area (Å²) in [5.74, 6) is -1.03.